The lowest BCUT2D eigenvalue weighted by Crippen LogP contribution is -2.27. The van der Waals surface area contributed by atoms with Crippen LogP contribution >= 0.6 is 23.4 Å². The van der Waals surface area contributed by atoms with Gasteiger partial charge in [0, 0.05) is 0 Å². The summed E-state index contributed by atoms with van der Waals surface area (Å²) in [6.45, 7) is 3.92. The Bertz CT molecular complexity index is 991. The van der Waals surface area contributed by atoms with E-state index in [1.54, 1.807) is 24.3 Å². The highest BCUT2D eigenvalue weighted by Crippen LogP contribution is 2.39. The zero-order chi connectivity index (χ0) is 21.0. The molecule has 2 aromatic carbocycles. The molecule has 0 saturated carbocycles. The number of halogens is 2. The molecule has 29 heavy (non-hydrogen) atoms. The Hall–Kier alpha value is -2.77. The van der Waals surface area contributed by atoms with E-state index in [2.05, 4.69) is 6.58 Å². The lowest BCUT2D eigenvalue weighted by Gasteiger charge is -2.13. The van der Waals surface area contributed by atoms with Crippen LogP contribution in [0.4, 0.5) is 9.18 Å². The number of ether oxygens (including phenoxy) is 2. The Morgan fingerprint density at radius 2 is 1.97 bits per heavy atom. The molecule has 5 nitrogen and oxygen atoms in total. The summed E-state index contributed by atoms with van der Waals surface area (Å²) < 4.78 is 23.9. The lowest BCUT2D eigenvalue weighted by molar-refractivity contribution is -0.123. The predicted molar refractivity (Wildman–Crippen MR) is 112 cm³/mol. The molecular formula is C21H17ClFNO4S. The lowest BCUT2D eigenvalue weighted by atomic mass is 10.1. The molecule has 0 radical (unpaired) electrons. The quantitative estimate of drug-likeness (QED) is 0.438. The van der Waals surface area contributed by atoms with E-state index in [0.29, 0.717) is 27.6 Å². The summed E-state index contributed by atoms with van der Waals surface area (Å²) in [5.41, 5.74) is 1.24. The number of methoxy groups -OCH3 is 1. The molecule has 1 heterocycles. The van der Waals surface area contributed by atoms with Crippen LogP contribution in [0.15, 0.2) is 54.0 Å². The minimum atomic E-state index is -0.425. The molecule has 150 valence electrons. The second-order valence-electron chi connectivity index (χ2n) is 6.03. The molecule has 3 rings (SSSR count). The Balaban J connectivity index is 1.84. The summed E-state index contributed by atoms with van der Waals surface area (Å²) in [4.78, 5) is 26.3. The van der Waals surface area contributed by atoms with Crippen LogP contribution in [0.1, 0.15) is 11.1 Å². The Labute approximate surface area is 176 Å². The summed E-state index contributed by atoms with van der Waals surface area (Å²) >= 11 is 7.11. The van der Waals surface area contributed by atoms with Gasteiger partial charge >= 0.3 is 0 Å². The number of hydrogen-bond acceptors (Lipinski definition) is 5. The van der Waals surface area contributed by atoms with Gasteiger partial charge in [0.15, 0.2) is 11.5 Å². The average Bonchev–Trinajstić information content (AvgIpc) is 2.95. The second kappa shape index (κ2) is 9.15. The van der Waals surface area contributed by atoms with E-state index < -0.39 is 11.1 Å². The van der Waals surface area contributed by atoms with Gasteiger partial charge < -0.3 is 9.47 Å². The van der Waals surface area contributed by atoms with Gasteiger partial charge in [-0.3, -0.25) is 14.5 Å². The molecule has 0 unspecified atom stereocenters. The highest BCUT2D eigenvalue weighted by atomic mass is 35.5. The number of amides is 2. The third-order valence-electron chi connectivity index (χ3n) is 4.02. The molecule has 0 spiro atoms. The van der Waals surface area contributed by atoms with Crippen LogP contribution in [-0.2, 0) is 11.3 Å². The maximum absolute atomic E-state index is 13.1. The second-order valence-corrected chi connectivity index (χ2v) is 7.43. The van der Waals surface area contributed by atoms with Crippen molar-refractivity contribution < 1.29 is 23.5 Å². The van der Waals surface area contributed by atoms with Crippen LogP contribution in [0.2, 0.25) is 5.02 Å². The van der Waals surface area contributed by atoms with Crippen LogP contribution in [-0.4, -0.2) is 29.8 Å². The zero-order valence-corrected chi connectivity index (χ0v) is 17.1. The van der Waals surface area contributed by atoms with Crippen molar-refractivity contribution in [1.29, 1.82) is 0 Å². The molecule has 8 heteroatoms. The van der Waals surface area contributed by atoms with Crippen molar-refractivity contribution in [2.75, 3.05) is 13.7 Å². The summed E-state index contributed by atoms with van der Waals surface area (Å²) in [6.07, 6.45) is 3.15. The van der Waals surface area contributed by atoms with Gasteiger partial charge in [0.25, 0.3) is 11.1 Å². The minimum absolute atomic E-state index is 0.0701. The third kappa shape index (κ3) is 4.81. The van der Waals surface area contributed by atoms with E-state index in [1.165, 1.54) is 31.4 Å². The molecular weight excluding hydrogens is 417 g/mol. The van der Waals surface area contributed by atoms with E-state index >= 15 is 0 Å². The van der Waals surface area contributed by atoms with Crippen LogP contribution in [0.5, 0.6) is 11.5 Å². The topological polar surface area (TPSA) is 55.8 Å². The van der Waals surface area contributed by atoms with Gasteiger partial charge in [-0.15, -0.1) is 0 Å². The zero-order valence-electron chi connectivity index (χ0n) is 15.5. The van der Waals surface area contributed by atoms with Crippen molar-refractivity contribution in [3.05, 3.63) is 75.9 Å². The highest BCUT2D eigenvalue weighted by molar-refractivity contribution is 8.18. The van der Waals surface area contributed by atoms with E-state index in [1.807, 2.05) is 0 Å². The fourth-order valence-electron chi connectivity index (χ4n) is 2.67. The molecule has 2 amide bonds. The molecule has 0 N–H and O–H groups in total. The maximum atomic E-state index is 13.1. The van der Waals surface area contributed by atoms with Gasteiger partial charge in [-0.05, 0) is 53.2 Å². The number of benzene rings is 2. The fourth-order valence-corrected chi connectivity index (χ4v) is 3.78. The number of imide groups is 1. The van der Waals surface area contributed by atoms with Gasteiger partial charge in [0.2, 0.25) is 0 Å². The molecule has 2 aromatic rings. The van der Waals surface area contributed by atoms with Gasteiger partial charge in [-0.1, -0.05) is 36.4 Å². The summed E-state index contributed by atoms with van der Waals surface area (Å²) in [5.74, 6) is -0.0349. The van der Waals surface area contributed by atoms with Gasteiger partial charge in [-0.25, -0.2) is 4.39 Å². The van der Waals surface area contributed by atoms with Crippen molar-refractivity contribution in [2.45, 2.75) is 6.54 Å². The van der Waals surface area contributed by atoms with Crippen LogP contribution in [0, 0.1) is 5.82 Å². The maximum Gasteiger partial charge on any atom is 0.293 e. The smallest absolute Gasteiger partial charge is 0.293 e. The van der Waals surface area contributed by atoms with Gasteiger partial charge in [0.1, 0.15) is 12.4 Å². The number of thioether (sulfide) groups is 1. The Morgan fingerprint density at radius 1 is 1.24 bits per heavy atom. The average molecular weight is 434 g/mol. The SMILES string of the molecule is C=CCOc1c(Cl)cc(C=C2SC(=O)N(Cc3ccc(F)cc3)C2=O)cc1OC. The number of nitrogens with zero attached hydrogens (tertiary/aromatic N) is 1. The first kappa shape index (κ1) is 21.0. The molecule has 0 aliphatic carbocycles. The van der Waals surface area contributed by atoms with Gasteiger partial charge in [0.05, 0.1) is 23.6 Å². The van der Waals surface area contributed by atoms with Crippen molar-refractivity contribution in [3.8, 4) is 11.5 Å². The van der Waals surface area contributed by atoms with E-state index in [9.17, 15) is 14.0 Å². The van der Waals surface area contributed by atoms with Crippen molar-refractivity contribution in [2.24, 2.45) is 0 Å². The number of hydrogen-bond donors (Lipinski definition) is 0. The third-order valence-corrected chi connectivity index (χ3v) is 5.21. The van der Waals surface area contributed by atoms with E-state index in [0.717, 1.165) is 16.7 Å². The monoisotopic (exact) mass is 433 g/mol. The van der Waals surface area contributed by atoms with Crippen LogP contribution < -0.4 is 9.47 Å². The largest absolute Gasteiger partial charge is 0.493 e. The molecule has 1 aliphatic heterocycles. The number of carbonyl (C=O) groups excluding carboxylic acids is 2. The first-order valence-corrected chi connectivity index (χ1v) is 9.73. The van der Waals surface area contributed by atoms with E-state index in [4.69, 9.17) is 21.1 Å². The summed E-state index contributed by atoms with van der Waals surface area (Å²) in [5, 5.41) is -0.0856. The molecule has 0 bridgehead atoms. The standard InChI is InChI=1S/C21H17ClFNO4S/c1-3-8-28-19-16(22)9-14(10-17(19)27-2)11-18-20(25)24(21(26)29-18)12-13-4-6-15(23)7-5-13/h3-7,9-11H,1,8,12H2,2H3. The number of carbonyl (C=O) groups is 2. The van der Waals surface area contributed by atoms with Crippen molar-refractivity contribution in [1.82, 2.24) is 4.90 Å². The first-order valence-electron chi connectivity index (χ1n) is 8.54. The summed E-state index contributed by atoms with van der Waals surface area (Å²) in [6, 6.07) is 8.93. The Morgan fingerprint density at radius 3 is 2.62 bits per heavy atom. The Kier molecular flexibility index (Phi) is 6.61. The van der Waals surface area contributed by atoms with Crippen LogP contribution in [0.3, 0.4) is 0 Å². The molecule has 0 aromatic heterocycles. The normalized spacial score (nSPS) is 15.1. The highest BCUT2D eigenvalue weighted by Gasteiger charge is 2.35. The van der Waals surface area contributed by atoms with Gasteiger partial charge in [-0.2, -0.15) is 0 Å². The first-order chi connectivity index (χ1) is 13.9. The predicted octanol–water partition coefficient (Wildman–Crippen LogP) is 5.29. The van der Waals surface area contributed by atoms with Crippen molar-refractivity contribution >= 4 is 40.6 Å². The fraction of sp³-hybridized carbons (Fsp3) is 0.143. The summed E-state index contributed by atoms with van der Waals surface area (Å²) in [7, 11) is 1.48. The van der Waals surface area contributed by atoms with Crippen LogP contribution in [0.25, 0.3) is 6.08 Å². The molecule has 1 saturated heterocycles. The molecule has 0 atom stereocenters. The minimum Gasteiger partial charge on any atom is -0.493 e. The number of rotatable bonds is 7. The van der Waals surface area contributed by atoms with E-state index in [-0.39, 0.29) is 23.9 Å². The molecule has 1 fully saturated rings. The molecule has 1 aliphatic rings. The van der Waals surface area contributed by atoms with Crippen molar-refractivity contribution in [3.63, 3.8) is 0 Å².